The van der Waals surface area contributed by atoms with Crippen LogP contribution >= 0.6 is 0 Å². The normalized spacial score (nSPS) is 25.4. The first-order valence-corrected chi connectivity index (χ1v) is 8.00. The van der Waals surface area contributed by atoms with Gasteiger partial charge in [-0.3, -0.25) is 9.59 Å². The van der Waals surface area contributed by atoms with Gasteiger partial charge in [-0.25, -0.2) is 13.1 Å². The molecule has 0 spiro atoms. The number of hydrogen-bond acceptors (Lipinski definition) is 5. The standard InChI is InChI=1S/C13H16N2O6S/c14-11(13(18)19)9-8(10(9)12(16)17)6-15-22(20,21)7-4-2-1-3-5-7/h1-5,8-11,15H,6,14H2,(H,16,17)(H,18,19). The van der Waals surface area contributed by atoms with E-state index >= 15 is 0 Å². The Bertz CT molecular complexity index is 675. The van der Waals surface area contributed by atoms with Crippen molar-refractivity contribution in [2.45, 2.75) is 10.9 Å². The monoisotopic (exact) mass is 328 g/mol. The van der Waals surface area contributed by atoms with Crippen LogP contribution < -0.4 is 10.5 Å². The molecule has 0 bridgehead atoms. The van der Waals surface area contributed by atoms with Gasteiger partial charge in [-0.1, -0.05) is 18.2 Å². The summed E-state index contributed by atoms with van der Waals surface area (Å²) in [6, 6.07) is 6.29. The summed E-state index contributed by atoms with van der Waals surface area (Å²) in [5.41, 5.74) is 5.45. The molecule has 0 aliphatic heterocycles. The van der Waals surface area contributed by atoms with Crippen LogP contribution in [0.5, 0.6) is 0 Å². The second-order valence-corrected chi connectivity index (χ2v) is 6.90. The maximum absolute atomic E-state index is 12.0. The first kappa shape index (κ1) is 16.4. The molecule has 5 N–H and O–H groups in total. The first-order valence-electron chi connectivity index (χ1n) is 6.51. The number of aliphatic carboxylic acids is 2. The third-order valence-corrected chi connectivity index (χ3v) is 5.22. The van der Waals surface area contributed by atoms with Crippen LogP contribution in [0.25, 0.3) is 0 Å². The van der Waals surface area contributed by atoms with E-state index in [0.717, 1.165) is 0 Å². The average molecular weight is 328 g/mol. The van der Waals surface area contributed by atoms with Crippen LogP contribution in [0.1, 0.15) is 0 Å². The molecule has 120 valence electrons. The maximum Gasteiger partial charge on any atom is 0.320 e. The second-order valence-electron chi connectivity index (χ2n) is 5.13. The van der Waals surface area contributed by atoms with Crippen molar-refractivity contribution in [1.82, 2.24) is 4.72 Å². The second kappa shape index (κ2) is 6.03. The zero-order valence-corrected chi connectivity index (χ0v) is 12.2. The van der Waals surface area contributed by atoms with Crippen molar-refractivity contribution in [2.24, 2.45) is 23.5 Å². The molecule has 9 heteroatoms. The topological polar surface area (TPSA) is 147 Å². The fourth-order valence-electron chi connectivity index (χ4n) is 2.55. The summed E-state index contributed by atoms with van der Waals surface area (Å²) in [7, 11) is -3.77. The fraction of sp³-hybridized carbons (Fsp3) is 0.385. The van der Waals surface area contributed by atoms with Gasteiger partial charge < -0.3 is 15.9 Å². The third kappa shape index (κ3) is 3.26. The minimum absolute atomic E-state index is 0.0570. The summed E-state index contributed by atoms with van der Waals surface area (Å²) in [4.78, 5) is 22.0. The highest BCUT2D eigenvalue weighted by Gasteiger charge is 2.59. The van der Waals surface area contributed by atoms with E-state index in [0.29, 0.717) is 0 Å². The lowest BCUT2D eigenvalue weighted by atomic mass is 10.1. The van der Waals surface area contributed by atoms with Gasteiger partial charge in [0.15, 0.2) is 0 Å². The number of carbonyl (C=O) groups is 2. The van der Waals surface area contributed by atoms with Gasteiger partial charge in [0.2, 0.25) is 10.0 Å². The smallest absolute Gasteiger partial charge is 0.320 e. The van der Waals surface area contributed by atoms with Crippen LogP contribution in [0.15, 0.2) is 35.2 Å². The molecule has 1 aliphatic carbocycles. The van der Waals surface area contributed by atoms with Gasteiger partial charge in [-0.05, 0) is 18.1 Å². The van der Waals surface area contributed by atoms with E-state index in [-0.39, 0.29) is 11.4 Å². The first-order chi connectivity index (χ1) is 10.3. The molecule has 0 aromatic heterocycles. The average Bonchev–Trinajstić information content (AvgIpc) is 3.20. The number of benzene rings is 1. The molecule has 0 radical (unpaired) electrons. The van der Waals surface area contributed by atoms with E-state index in [2.05, 4.69) is 4.72 Å². The van der Waals surface area contributed by atoms with E-state index in [4.69, 9.17) is 15.9 Å². The van der Waals surface area contributed by atoms with Crippen LogP contribution in [-0.4, -0.2) is 43.2 Å². The molecule has 1 aromatic rings. The van der Waals surface area contributed by atoms with Crippen LogP contribution in [0, 0.1) is 17.8 Å². The Morgan fingerprint density at radius 1 is 1.23 bits per heavy atom. The Labute approximate surface area is 127 Å². The summed E-state index contributed by atoms with van der Waals surface area (Å²) >= 11 is 0. The van der Waals surface area contributed by atoms with Crippen LogP contribution in [-0.2, 0) is 19.6 Å². The molecule has 4 unspecified atom stereocenters. The molecule has 2 rings (SSSR count). The van der Waals surface area contributed by atoms with E-state index in [9.17, 15) is 18.0 Å². The van der Waals surface area contributed by atoms with Crippen LogP contribution in [0.2, 0.25) is 0 Å². The number of carboxylic acids is 2. The van der Waals surface area contributed by atoms with Crippen molar-refractivity contribution in [3.05, 3.63) is 30.3 Å². The van der Waals surface area contributed by atoms with Crippen molar-refractivity contribution >= 4 is 22.0 Å². The SMILES string of the molecule is NC(C(=O)O)C1C(CNS(=O)(=O)c2ccccc2)C1C(=O)O. The number of rotatable bonds is 7. The Balaban J connectivity index is 2.05. The lowest BCUT2D eigenvalue weighted by molar-refractivity contribution is -0.140. The van der Waals surface area contributed by atoms with Crippen LogP contribution in [0.3, 0.4) is 0 Å². The summed E-state index contributed by atoms with van der Waals surface area (Å²) in [5.74, 6) is -4.85. The quantitative estimate of drug-likeness (QED) is 0.518. The molecule has 4 atom stereocenters. The Morgan fingerprint density at radius 2 is 1.82 bits per heavy atom. The number of sulfonamides is 1. The van der Waals surface area contributed by atoms with Crippen molar-refractivity contribution < 1.29 is 28.2 Å². The number of nitrogens with one attached hydrogen (secondary N) is 1. The van der Waals surface area contributed by atoms with Crippen molar-refractivity contribution in [2.75, 3.05) is 6.54 Å². The largest absolute Gasteiger partial charge is 0.481 e. The molecular weight excluding hydrogens is 312 g/mol. The summed E-state index contributed by atoms with van der Waals surface area (Å²) in [5, 5.41) is 17.9. The highest BCUT2D eigenvalue weighted by molar-refractivity contribution is 7.89. The molecule has 22 heavy (non-hydrogen) atoms. The molecule has 8 nitrogen and oxygen atoms in total. The zero-order valence-electron chi connectivity index (χ0n) is 11.4. The minimum atomic E-state index is -3.77. The van der Waals surface area contributed by atoms with Gasteiger partial charge in [-0.15, -0.1) is 0 Å². The van der Waals surface area contributed by atoms with Gasteiger partial charge in [0, 0.05) is 12.5 Å². The number of carboxylic acid groups (broad SMARTS) is 2. The molecule has 1 fully saturated rings. The summed E-state index contributed by atoms with van der Waals surface area (Å²) in [6.07, 6.45) is 0. The Morgan fingerprint density at radius 3 is 2.32 bits per heavy atom. The summed E-state index contributed by atoms with van der Waals surface area (Å²) in [6.45, 7) is -0.167. The lowest BCUT2D eigenvalue weighted by Crippen LogP contribution is -2.35. The molecule has 0 amide bonds. The molecule has 1 aliphatic rings. The van der Waals surface area contributed by atoms with Gasteiger partial charge in [0.05, 0.1) is 10.8 Å². The summed E-state index contributed by atoms with van der Waals surface area (Å²) < 4.78 is 26.4. The Hall–Kier alpha value is -1.97. The predicted molar refractivity (Wildman–Crippen MR) is 75.3 cm³/mol. The highest BCUT2D eigenvalue weighted by atomic mass is 32.2. The third-order valence-electron chi connectivity index (χ3n) is 3.78. The highest BCUT2D eigenvalue weighted by Crippen LogP contribution is 2.48. The number of nitrogens with two attached hydrogens (primary N) is 1. The van der Waals surface area contributed by atoms with Gasteiger partial charge in [0.1, 0.15) is 6.04 Å². The van der Waals surface area contributed by atoms with E-state index in [1.54, 1.807) is 18.2 Å². The van der Waals surface area contributed by atoms with Crippen molar-refractivity contribution in [1.29, 1.82) is 0 Å². The van der Waals surface area contributed by atoms with Crippen LogP contribution in [0.4, 0.5) is 0 Å². The van der Waals surface area contributed by atoms with Gasteiger partial charge in [-0.2, -0.15) is 0 Å². The Kier molecular flexibility index (Phi) is 4.50. The van der Waals surface area contributed by atoms with Gasteiger partial charge >= 0.3 is 11.9 Å². The van der Waals surface area contributed by atoms with Crippen molar-refractivity contribution in [3.8, 4) is 0 Å². The lowest BCUT2D eigenvalue weighted by Gasteiger charge is -2.07. The molecule has 0 saturated heterocycles. The van der Waals surface area contributed by atoms with Gasteiger partial charge in [0.25, 0.3) is 0 Å². The fourth-order valence-corrected chi connectivity index (χ4v) is 3.65. The molecule has 1 aromatic carbocycles. The molecule has 0 heterocycles. The predicted octanol–water partition coefficient (Wildman–Crippen LogP) is -0.676. The zero-order chi connectivity index (χ0) is 16.5. The van der Waals surface area contributed by atoms with Crippen molar-refractivity contribution in [3.63, 3.8) is 0 Å². The molecule has 1 saturated carbocycles. The van der Waals surface area contributed by atoms with E-state index in [1.807, 2.05) is 0 Å². The minimum Gasteiger partial charge on any atom is -0.481 e. The van der Waals surface area contributed by atoms with E-state index in [1.165, 1.54) is 12.1 Å². The number of hydrogen-bond donors (Lipinski definition) is 4. The van der Waals surface area contributed by atoms with E-state index < -0.39 is 45.8 Å². The maximum atomic E-state index is 12.0. The molecular formula is C13H16N2O6S.